The van der Waals surface area contributed by atoms with Crippen molar-refractivity contribution in [3.8, 4) is 5.75 Å². The molecule has 0 aliphatic rings. The number of ether oxygens (including phenoxy) is 1. The van der Waals surface area contributed by atoms with E-state index in [0.29, 0.717) is 29.7 Å². The number of carbonyl (C=O) groups is 1. The molecule has 1 N–H and O–H groups in total. The van der Waals surface area contributed by atoms with Crippen LogP contribution in [0.2, 0.25) is 0 Å². The molecule has 4 aromatic rings. The van der Waals surface area contributed by atoms with Crippen molar-refractivity contribution in [2.24, 2.45) is 0 Å². The number of carbonyl (C=O) groups excluding carboxylic acids is 1. The van der Waals surface area contributed by atoms with E-state index in [1.165, 1.54) is 0 Å². The summed E-state index contributed by atoms with van der Waals surface area (Å²) in [5, 5.41) is 4.69. The predicted molar refractivity (Wildman–Crippen MR) is 134 cm³/mol. The molecule has 2 aromatic heterocycles. The van der Waals surface area contributed by atoms with Gasteiger partial charge in [-0.25, -0.2) is 4.79 Å². The number of hydrogen-bond acceptors (Lipinski definition) is 5. The summed E-state index contributed by atoms with van der Waals surface area (Å²) in [6.45, 7) is 10.7. The van der Waals surface area contributed by atoms with Crippen LogP contribution in [0.3, 0.4) is 0 Å². The number of furan rings is 1. The van der Waals surface area contributed by atoms with E-state index in [0.717, 1.165) is 38.8 Å². The molecule has 0 aliphatic heterocycles. The Labute approximate surface area is 198 Å². The Morgan fingerprint density at radius 2 is 1.79 bits per heavy atom. The van der Waals surface area contributed by atoms with Crippen LogP contribution in [-0.4, -0.2) is 19.6 Å². The Morgan fingerprint density at radius 1 is 1.09 bits per heavy atom. The van der Waals surface area contributed by atoms with Crippen LogP contribution in [0.25, 0.3) is 21.9 Å². The first-order chi connectivity index (χ1) is 16.1. The van der Waals surface area contributed by atoms with Crippen LogP contribution >= 0.6 is 0 Å². The largest absolute Gasteiger partial charge is 0.497 e. The fourth-order valence-corrected chi connectivity index (χ4v) is 4.41. The average Bonchev–Trinajstić information content (AvgIpc) is 3.23. The second-order valence-electron chi connectivity index (χ2n) is 9.79. The monoisotopic (exact) mass is 461 g/mol. The van der Waals surface area contributed by atoms with Gasteiger partial charge in [0.2, 0.25) is 5.91 Å². The van der Waals surface area contributed by atoms with Crippen molar-refractivity contribution in [1.82, 2.24) is 5.32 Å². The summed E-state index contributed by atoms with van der Waals surface area (Å²) >= 11 is 0. The van der Waals surface area contributed by atoms with Gasteiger partial charge in [0.1, 0.15) is 16.9 Å². The normalized spacial score (nSPS) is 11.8. The molecule has 0 radical (unpaired) electrons. The number of nitrogens with one attached hydrogen (secondary N) is 1. The summed E-state index contributed by atoms with van der Waals surface area (Å²) in [5.41, 5.74) is 4.85. The van der Waals surface area contributed by atoms with Crippen molar-refractivity contribution in [2.45, 2.75) is 52.9 Å². The van der Waals surface area contributed by atoms with Crippen molar-refractivity contribution in [3.63, 3.8) is 0 Å². The molecule has 178 valence electrons. The van der Waals surface area contributed by atoms with Gasteiger partial charge in [0.05, 0.1) is 30.7 Å². The number of rotatable bonds is 6. The third-order valence-corrected chi connectivity index (χ3v) is 6.32. The highest BCUT2D eigenvalue weighted by Gasteiger charge is 2.25. The Hall–Kier alpha value is -3.54. The van der Waals surface area contributed by atoms with Crippen LogP contribution in [0.4, 0.5) is 0 Å². The van der Waals surface area contributed by atoms with Gasteiger partial charge >= 0.3 is 5.63 Å². The lowest BCUT2D eigenvalue weighted by molar-refractivity contribution is -0.120. The van der Waals surface area contributed by atoms with E-state index in [1.54, 1.807) is 13.4 Å². The number of aryl methyl sites for hydroxylation is 2. The molecule has 1 amide bonds. The Bertz CT molecular complexity index is 1420. The van der Waals surface area contributed by atoms with Gasteiger partial charge in [-0.05, 0) is 60.6 Å². The quantitative estimate of drug-likeness (QED) is 0.391. The van der Waals surface area contributed by atoms with Gasteiger partial charge in [0.15, 0.2) is 0 Å². The Balaban J connectivity index is 1.60. The van der Waals surface area contributed by atoms with Crippen molar-refractivity contribution >= 4 is 27.8 Å². The molecule has 0 saturated carbocycles. The lowest BCUT2D eigenvalue weighted by Crippen LogP contribution is -2.29. The van der Waals surface area contributed by atoms with Gasteiger partial charge in [0.25, 0.3) is 0 Å². The first-order valence-electron chi connectivity index (χ1n) is 11.5. The topological polar surface area (TPSA) is 81.7 Å². The molecule has 2 heterocycles. The molecule has 0 unspecified atom stereocenters. The molecule has 2 aromatic carbocycles. The van der Waals surface area contributed by atoms with Gasteiger partial charge in [0, 0.05) is 17.5 Å². The van der Waals surface area contributed by atoms with E-state index in [4.69, 9.17) is 13.6 Å². The maximum absolute atomic E-state index is 12.8. The van der Waals surface area contributed by atoms with Gasteiger partial charge < -0.3 is 18.9 Å². The van der Waals surface area contributed by atoms with Crippen molar-refractivity contribution in [3.05, 3.63) is 74.8 Å². The fraction of sp³-hybridized carbons (Fsp3) is 0.357. The molecule has 6 heteroatoms. The van der Waals surface area contributed by atoms with Crippen molar-refractivity contribution in [2.75, 3.05) is 13.7 Å². The summed E-state index contributed by atoms with van der Waals surface area (Å²) in [6, 6.07) is 9.60. The third kappa shape index (κ3) is 4.45. The van der Waals surface area contributed by atoms with Crippen molar-refractivity contribution < 1.29 is 18.4 Å². The van der Waals surface area contributed by atoms with E-state index >= 15 is 0 Å². The number of amides is 1. The zero-order valence-corrected chi connectivity index (χ0v) is 20.6. The highest BCUT2D eigenvalue weighted by Crippen LogP contribution is 2.38. The second-order valence-corrected chi connectivity index (χ2v) is 9.79. The minimum atomic E-state index is -0.489. The SMILES string of the molecule is COc1ccc(CCNC(=O)Cc2c(C)c3c(cc(C)c4c(C(C)(C)C)coc43)oc2=O)cc1. The first kappa shape index (κ1) is 23.6. The number of hydrogen-bond donors (Lipinski definition) is 1. The van der Waals surface area contributed by atoms with Crippen LogP contribution in [0.15, 0.2) is 50.2 Å². The number of benzene rings is 2. The molecule has 0 bridgehead atoms. The van der Waals surface area contributed by atoms with Crippen LogP contribution < -0.4 is 15.7 Å². The Kier molecular flexibility index (Phi) is 6.26. The summed E-state index contributed by atoms with van der Waals surface area (Å²) in [6.07, 6.45) is 2.42. The minimum absolute atomic E-state index is 0.0467. The molecule has 0 atom stereocenters. The Morgan fingerprint density at radius 3 is 2.44 bits per heavy atom. The van der Waals surface area contributed by atoms with Gasteiger partial charge in [-0.1, -0.05) is 32.9 Å². The highest BCUT2D eigenvalue weighted by atomic mass is 16.5. The van der Waals surface area contributed by atoms with Gasteiger partial charge in [-0.3, -0.25) is 4.79 Å². The van der Waals surface area contributed by atoms with Gasteiger partial charge in [-0.2, -0.15) is 0 Å². The maximum atomic E-state index is 12.8. The van der Waals surface area contributed by atoms with Crippen molar-refractivity contribution in [1.29, 1.82) is 0 Å². The second kappa shape index (κ2) is 9.01. The van der Waals surface area contributed by atoms with E-state index in [2.05, 4.69) is 26.1 Å². The van der Waals surface area contributed by atoms with Crippen LogP contribution in [0, 0.1) is 13.8 Å². The molecule has 0 saturated heterocycles. The zero-order valence-electron chi connectivity index (χ0n) is 20.6. The lowest BCUT2D eigenvalue weighted by Gasteiger charge is -2.17. The third-order valence-electron chi connectivity index (χ3n) is 6.32. The minimum Gasteiger partial charge on any atom is -0.497 e. The lowest BCUT2D eigenvalue weighted by atomic mass is 9.85. The molecule has 4 rings (SSSR count). The standard InChI is InChI=1S/C28H31NO5/c1-16-13-22-25(26-24(16)21(15-33-26)28(3,4)5)17(2)20(27(31)34-22)14-23(30)29-12-11-18-7-9-19(32-6)10-8-18/h7-10,13,15H,11-12,14H2,1-6H3,(H,29,30). The summed E-state index contributed by atoms with van der Waals surface area (Å²) in [4.78, 5) is 25.4. The molecular formula is C28H31NO5. The predicted octanol–water partition coefficient (Wildman–Crippen LogP) is 5.36. The van der Waals surface area contributed by atoms with E-state index in [-0.39, 0.29) is 17.7 Å². The fourth-order valence-electron chi connectivity index (χ4n) is 4.41. The average molecular weight is 462 g/mol. The highest BCUT2D eigenvalue weighted by molar-refractivity contribution is 6.07. The summed E-state index contributed by atoms with van der Waals surface area (Å²) < 4.78 is 16.8. The van der Waals surface area contributed by atoms with Crippen LogP contribution in [-0.2, 0) is 23.1 Å². The van der Waals surface area contributed by atoms with E-state index in [1.807, 2.05) is 44.2 Å². The molecule has 34 heavy (non-hydrogen) atoms. The van der Waals surface area contributed by atoms with E-state index < -0.39 is 5.63 Å². The molecule has 0 fully saturated rings. The van der Waals surface area contributed by atoms with Crippen LogP contribution in [0.5, 0.6) is 5.75 Å². The van der Waals surface area contributed by atoms with Gasteiger partial charge in [-0.15, -0.1) is 0 Å². The first-order valence-corrected chi connectivity index (χ1v) is 11.5. The number of methoxy groups -OCH3 is 1. The molecule has 0 spiro atoms. The smallest absolute Gasteiger partial charge is 0.340 e. The molecule has 6 nitrogen and oxygen atoms in total. The summed E-state index contributed by atoms with van der Waals surface area (Å²) in [7, 11) is 1.63. The maximum Gasteiger partial charge on any atom is 0.340 e. The summed E-state index contributed by atoms with van der Waals surface area (Å²) in [5.74, 6) is 0.572. The van der Waals surface area contributed by atoms with Crippen LogP contribution in [0.1, 0.15) is 48.6 Å². The number of fused-ring (bicyclic) bond motifs is 3. The molecule has 0 aliphatic carbocycles. The van der Waals surface area contributed by atoms with E-state index in [9.17, 15) is 9.59 Å². The molecular weight excluding hydrogens is 430 g/mol. The zero-order chi connectivity index (χ0) is 24.6.